The highest BCUT2D eigenvalue weighted by Gasteiger charge is 2.09. The zero-order valence-electron chi connectivity index (χ0n) is 13.5. The minimum atomic E-state index is -0.0155. The second-order valence-electron chi connectivity index (χ2n) is 5.29. The highest BCUT2D eigenvalue weighted by atomic mass is 16.2. The molecule has 0 aliphatic carbocycles. The first kappa shape index (κ1) is 16.5. The van der Waals surface area contributed by atoms with Gasteiger partial charge < -0.3 is 16.0 Å². The summed E-state index contributed by atoms with van der Waals surface area (Å²) in [4.78, 5) is 18.2. The highest BCUT2D eigenvalue weighted by Crippen LogP contribution is 2.10. The molecule has 1 amide bonds. The number of amidine groups is 1. The normalized spacial score (nSPS) is 11.1. The Balaban J connectivity index is 1.83. The van der Waals surface area contributed by atoms with Crippen molar-refractivity contribution in [2.45, 2.75) is 13.5 Å². The summed E-state index contributed by atoms with van der Waals surface area (Å²) in [5.74, 6) is 0.717. The van der Waals surface area contributed by atoms with E-state index in [2.05, 4.69) is 10.3 Å². The Labute approximate surface area is 136 Å². The molecule has 5 nitrogen and oxygen atoms in total. The van der Waals surface area contributed by atoms with Crippen molar-refractivity contribution in [3.8, 4) is 0 Å². The van der Waals surface area contributed by atoms with E-state index in [1.807, 2.05) is 61.5 Å². The third kappa shape index (κ3) is 5.14. The summed E-state index contributed by atoms with van der Waals surface area (Å²) in [6.07, 6.45) is 0. The molecule has 5 heteroatoms. The Morgan fingerprint density at radius 2 is 1.78 bits per heavy atom. The van der Waals surface area contributed by atoms with Gasteiger partial charge in [0, 0.05) is 18.4 Å². The van der Waals surface area contributed by atoms with Crippen molar-refractivity contribution >= 4 is 23.1 Å². The molecular formula is C18H22N4O. The predicted octanol–water partition coefficient (Wildman–Crippen LogP) is 2.44. The van der Waals surface area contributed by atoms with Crippen LogP contribution in [0.5, 0.6) is 0 Å². The average Bonchev–Trinajstić information content (AvgIpc) is 2.59. The van der Waals surface area contributed by atoms with Crippen LogP contribution in [0.4, 0.5) is 11.4 Å². The van der Waals surface area contributed by atoms with E-state index in [4.69, 9.17) is 5.73 Å². The molecule has 0 aliphatic heterocycles. The van der Waals surface area contributed by atoms with Crippen molar-refractivity contribution in [3.63, 3.8) is 0 Å². The number of rotatable bonds is 5. The SMILES string of the molecule is CC(=NCc1ccc(N)cc1)NCC(=O)N(C)c1ccccc1. The van der Waals surface area contributed by atoms with E-state index in [1.165, 1.54) is 0 Å². The van der Waals surface area contributed by atoms with E-state index in [9.17, 15) is 4.79 Å². The largest absolute Gasteiger partial charge is 0.399 e. The summed E-state index contributed by atoms with van der Waals surface area (Å²) < 4.78 is 0. The second kappa shape index (κ2) is 7.98. The van der Waals surface area contributed by atoms with Crippen LogP contribution in [0.25, 0.3) is 0 Å². The Hall–Kier alpha value is -2.82. The minimum Gasteiger partial charge on any atom is -0.399 e. The first-order chi connectivity index (χ1) is 11.1. The number of hydrogen-bond acceptors (Lipinski definition) is 3. The fraction of sp³-hybridized carbons (Fsp3) is 0.222. The van der Waals surface area contributed by atoms with E-state index >= 15 is 0 Å². The Kier molecular flexibility index (Phi) is 5.74. The van der Waals surface area contributed by atoms with E-state index < -0.39 is 0 Å². The summed E-state index contributed by atoms with van der Waals surface area (Å²) in [7, 11) is 1.76. The molecule has 23 heavy (non-hydrogen) atoms. The number of nitrogens with one attached hydrogen (secondary N) is 1. The lowest BCUT2D eigenvalue weighted by Crippen LogP contribution is -2.37. The molecule has 3 N–H and O–H groups in total. The van der Waals surface area contributed by atoms with E-state index in [1.54, 1.807) is 11.9 Å². The van der Waals surface area contributed by atoms with Gasteiger partial charge in [-0.2, -0.15) is 0 Å². The monoisotopic (exact) mass is 310 g/mol. The van der Waals surface area contributed by atoms with Gasteiger partial charge in [-0.25, -0.2) is 0 Å². The van der Waals surface area contributed by atoms with Gasteiger partial charge in [-0.1, -0.05) is 30.3 Å². The lowest BCUT2D eigenvalue weighted by Gasteiger charge is -2.17. The van der Waals surface area contributed by atoms with Crippen molar-refractivity contribution < 1.29 is 4.79 Å². The van der Waals surface area contributed by atoms with Crippen LogP contribution in [0.15, 0.2) is 59.6 Å². The second-order valence-corrected chi connectivity index (χ2v) is 5.29. The Morgan fingerprint density at radius 3 is 2.43 bits per heavy atom. The van der Waals surface area contributed by atoms with Crippen molar-refractivity contribution in [3.05, 3.63) is 60.2 Å². The van der Waals surface area contributed by atoms with Gasteiger partial charge in [0.05, 0.1) is 18.9 Å². The molecule has 0 atom stereocenters. The number of nitrogen functional groups attached to an aromatic ring is 1. The van der Waals surface area contributed by atoms with Crippen LogP contribution in [0.3, 0.4) is 0 Å². The number of amides is 1. The van der Waals surface area contributed by atoms with Crippen molar-refractivity contribution in [2.75, 3.05) is 24.2 Å². The first-order valence-corrected chi connectivity index (χ1v) is 7.47. The highest BCUT2D eigenvalue weighted by molar-refractivity contribution is 5.96. The van der Waals surface area contributed by atoms with Crippen LogP contribution >= 0.6 is 0 Å². The van der Waals surface area contributed by atoms with Gasteiger partial charge >= 0.3 is 0 Å². The predicted molar refractivity (Wildman–Crippen MR) is 95.5 cm³/mol. The summed E-state index contributed by atoms with van der Waals surface area (Å²) in [5.41, 5.74) is 8.34. The number of likely N-dealkylation sites (N-methyl/N-ethyl adjacent to an activating group) is 1. The number of nitrogens with two attached hydrogens (primary N) is 1. The van der Waals surface area contributed by atoms with Gasteiger partial charge in [0.25, 0.3) is 0 Å². The van der Waals surface area contributed by atoms with Gasteiger partial charge in [0.15, 0.2) is 0 Å². The number of carbonyl (C=O) groups excluding carboxylic acids is 1. The molecule has 0 aliphatic rings. The first-order valence-electron chi connectivity index (χ1n) is 7.47. The molecule has 0 fully saturated rings. The van der Waals surface area contributed by atoms with Gasteiger partial charge in [-0.15, -0.1) is 0 Å². The van der Waals surface area contributed by atoms with Crippen LogP contribution in [0.2, 0.25) is 0 Å². The number of para-hydroxylation sites is 1. The minimum absolute atomic E-state index is 0.0155. The topological polar surface area (TPSA) is 70.7 Å². The van der Waals surface area contributed by atoms with Crippen molar-refractivity contribution in [1.29, 1.82) is 0 Å². The standard InChI is InChI=1S/C18H22N4O/c1-14(20-12-15-8-10-16(19)11-9-15)21-13-18(23)22(2)17-6-4-3-5-7-17/h3-11H,12-13,19H2,1-2H3,(H,20,21). The third-order valence-electron chi connectivity index (χ3n) is 3.49. The number of anilines is 2. The van der Waals surface area contributed by atoms with Crippen LogP contribution in [0.1, 0.15) is 12.5 Å². The summed E-state index contributed by atoms with van der Waals surface area (Å²) >= 11 is 0. The zero-order valence-corrected chi connectivity index (χ0v) is 13.5. The molecule has 120 valence electrons. The quantitative estimate of drug-likeness (QED) is 0.506. The maximum absolute atomic E-state index is 12.2. The molecular weight excluding hydrogens is 288 g/mol. The zero-order chi connectivity index (χ0) is 16.7. The molecule has 0 heterocycles. The molecule has 0 saturated heterocycles. The van der Waals surface area contributed by atoms with Crippen LogP contribution in [-0.2, 0) is 11.3 Å². The lowest BCUT2D eigenvalue weighted by atomic mass is 10.2. The Bertz CT molecular complexity index is 665. The molecule has 0 spiro atoms. The molecule has 2 rings (SSSR count). The smallest absolute Gasteiger partial charge is 0.246 e. The van der Waals surface area contributed by atoms with Crippen LogP contribution < -0.4 is 16.0 Å². The van der Waals surface area contributed by atoms with E-state index in [0.717, 1.165) is 22.8 Å². The maximum atomic E-state index is 12.2. The summed E-state index contributed by atoms with van der Waals surface area (Å²) in [6.45, 7) is 2.62. The molecule has 0 aromatic heterocycles. The maximum Gasteiger partial charge on any atom is 0.246 e. The number of carbonyl (C=O) groups is 1. The molecule has 0 bridgehead atoms. The van der Waals surface area contributed by atoms with Gasteiger partial charge in [-0.05, 0) is 36.8 Å². The average molecular weight is 310 g/mol. The number of benzene rings is 2. The lowest BCUT2D eigenvalue weighted by molar-refractivity contribution is -0.117. The molecule has 0 unspecified atom stereocenters. The van der Waals surface area contributed by atoms with Gasteiger partial charge in [0.1, 0.15) is 0 Å². The summed E-state index contributed by atoms with van der Waals surface area (Å²) in [5, 5.41) is 3.05. The summed E-state index contributed by atoms with van der Waals surface area (Å²) in [6, 6.07) is 17.1. The van der Waals surface area contributed by atoms with Gasteiger partial charge in [0.2, 0.25) is 5.91 Å². The van der Waals surface area contributed by atoms with Crippen molar-refractivity contribution in [2.24, 2.45) is 4.99 Å². The van der Waals surface area contributed by atoms with Crippen LogP contribution in [0, 0.1) is 0 Å². The van der Waals surface area contributed by atoms with E-state index in [0.29, 0.717) is 6.54 Å². The number of aliphatic imine (C=N–C) groups is 1. The fourth-order valence-corrected chi connectivity index (χ4v) is 2.01. The van der Waals surface area contributed by atoms with E-state index in [-0.39, 0.29) is 12.5 Å². The number of hydrogen-bond donors (Lipinski definition) is 2. The Morgan fingerprint density at radius 1 is 1.13 bits per heavy atom. The third-order valence-corrected chi connectivity index (χ3v) is 3.49. The molecule has 0 radical (unpaired) electrons. The van der Waals surface area contributed by atoms with Gasteiger partial charge in [-0.3, -0.25) is 9.79 Å². The fourth-order valence-electron chi connectivity index (χ4n) is 2.01. The molecule has 2 aromatic rings. The van der Waals surface area contributed by atoms with Crippen molar-refractivity contribution in [1.82, 2.24) is 5.32 Å². The number of nitrogens with zero attached hydrogens (tertiary/aromatic N) is 2. The molecule has 2 aromatic carbocycles. The van der Waals surface area contributed by atoms with Crippen LogP contribution in [-0.4, -0.2) is 25.3 Å². The molecule has 0 saturated carbocycles.